The molecule has 0 saturated heterocycles. The van der Waals surface area contributed by atoms with Crippen LogP contribution in [-0.4, -0.2) is 12.2 Å². The van der Waals surface area contributed by atoms with E-state index in [1.165, 1.54) is 7.11 Å². The Morgan fingerprint density at radius 3 is 2.47 bits per heavy atom. The molecule has 0 aliphatic rings. The highest BCUT2D eigenvalue weighted by molar-refractivity contribution is 5.54. The average Bonchev–Trinajstić information content (AvgIpc) is 2.24. The lowest BCUT2D eigenvalue weighted by Gasteiger charge is -2.15. The van der Waals surface area contributed by atoms with Gasteiger partial charge in [-0.15, -0.1) is 6.58 Å². The molecule has 15 heavy (non-hydrogen) atoms. The Morgan fingerprint density at radius 1 is 1.40 bits per heavy atom. The molecular weight excluding hydrogens is 195 g/mol. The molecule has 0 amide bonds. The Morgan fingerprint density at radius 2 is 2.00 bits per heavy atom. The third-order valence-corrected chi connectivity index (χ3v) is 2.55. The normalized spacial score (nSPS) is 10.1. The van der Waals surface area contributed by atoms with Crippen LogP contribution in [0.1, 0.15) is 16.7 Å². The molecule has 0 aromatic heterocycles. The summed E-state index contributed by atoms with van der Waals surface area (Å²) in [7, 11) is 1.51. The van der Waals surface area contributed by atoms with Crippen LogP contribution < -0.4 is 4.74 Å². The minimum Gasteiger partial charge on any atom is -0.505 e. The van der Waals surface area contributed by atoms with E-state index in [0.717, 1.165) is 0 Å². The largest absolute Gasteiger partial charge is 0.505 e. The Balaban J connectivity index is 3.53. The van der Waals surface area contributed by atoms with Gasteiger partial charge in [-0.05, 0) is 31.4 Å². The molecule has 0 atom stereocenters. The molecular formula is C12H15FO2. The number of halogens is 1. The molecule has 1 aromatic rings. The van der Waals surface area contributed by atoms with Crippen molar-refractivity contribution < 1.29 is 14.2 Å². The lowest BCUT2D eigenvalue weighted by atomic mass is 10.00. The van der Waals surface area contributed by atoms with Crippen molar-refractivity contribution in [3.8, 4) is 11.5 Å². The number of ether oxygens (including phenoxy) is 1. The number of phenolic OH excluding ortho intramolecular Hbond substituents is 1. The van der Waals surface area contributed by atoms with Gasteiger partial charge in [0, 0.05) is 5.56 Å². The van der Waals surface area contributed by atoms with Crippen molar-refractivity contribution in [2.45, 2.75) is 20.3 Å². The summed E-state index contributed by atoms with van der Waals surface area (Å²) in [4.78, 5) is 0. The Hall–Kier alpha value is -1.51. The molecule has 1 N–H and O–H groups in total. The third kappa shape index (κ3) is 1.82. The summed E-state index contributed by atoms with van der Waals surface area (Å²) in [6.07, 6.45) is 1.98. The van der Waals surface area contributed by atoms with E-state index in [1.807, 2.05) is 0 Å². The third-order valence-electron chi connectivity index (χ3n) is 2.55. The molecule has 1 rings (SSSR count). The summed E-state index contributed by atoms with van der Waals surface area (Å²) in [6.45, 7) is 6.95. The Labute approximate surface area is 89.0 Å². The first-order valence-corrected chi connectivity index (χ1v) is 4.70. The number of hydrogen-bond donors (Lipinski definition) is 1. The van der Waals surface area contributed by atoms with Crippen molar-refractivity contribution in [2.24, 2.45) is 0 Å². The highest BCUT2D eigenvalue weighted by Gasteiger charge is 2.19. The van der Waals surface area contributed by atoms with Crippen LogP contribution in [0.15, 0.2) is 12.7 Å². The summed E-state index contributed by atoms with van der Waals surface area (Å²) in [6, 6.07) is 0. The van der Waals surface area contributed by atoms with Crippen LogP contribution in [0.5, 0.6) is 11.5 Å². The standard InChI is InChI=1S/C12H15FO2/c1-5-6-9-11(14)10(13)7(2)8(3)12(9)15-4/h5,14H,1,6H2,2-4H3. The monoisotopic (exact) mass is 210 g/mol. The predicted molar refractivity (Wildman–Crippen MR) is 58.0 cm³/mol. The molecule has 0 heterocycles. The number of allylic oxidation sites excluding steroid dienone is 1. The van der Waals surface area contributed by atoms with Crippen LogP contribution in [0, 0.1) is 19.7 Å². The predicted octanol–water partition coefficient (Wildman–Crippen LogP) is 2.89. The molecule has 2 nitrogen and oxygen atoms in total. The van der Waals surface area contributed by atoms with Gasteiger partial charge >= 0.3 is 0 Å². The van der Waals surface area contributed by atoms with Gasteiger partial charge in [0.2, 0.25) is 0 Å². The van der Waals surface area contributed by atoms with E-state index in [4.69, 9.17) is 4.74 Å². The maximum atomic E-state index is 13.6. The minimum atomic E-state index is -0.579. The minimum absolute atomic E-state index is 0.338. The SMILES string of the molecule is C=CCc1c(O)c(F)c(C)c(C)c1OC. The highest BCUT2D eigenvalue weighted by atomic mass is 19.1. The number of benzene rings is 1. The van der Waals surface area contributed by atoms with Crippen LogP contribution in [0.25, 0.3) is 0 Å². The van der Waals surface area contributed by atoms with E-state index >= 15 is 0 Å². The zero-order valence-corrected chi connectivity index (χ0v) is 9.22. The molecule has 0 bridgehead atoms. The van der Waals surface area contributed by atoms with Gasteiger partial charge in [-0.2, -0.15) is 0 Å². The summed E-state index contributed by atoms with van der Waals surface area (Å²) < 4.78 is 18.7. The first kappa shape index (κ1) is 11.6. The number of hydrogen-bond acceptors (Lipinski definition) is 2. The van der Waals surface area contributed by atoms with Crippen molar-refractivity contribution in [2.75, 3.05) is 7.11 Å². The topological polar surface area (TPSA) is 29.5 Å². The van der Waals surface area contributed by atoms with E-state index in [9.17, 15) is 9.50 Å². The Kier molecular flexibility index (Phi) is 3.35. The van der Waals surface area contributed by atoms with Crippen LogP contribution in [0.3, 0.4) is 0 Å². The van der Waals surface area contributed by atoms with Crippen molar-refractivity contribution in [1.29, 1.82) is 0 Å². The number of rotatable bonds is 3. The molecule has 0 aliphatic carbocycles. The first-order chi connectivity index (χ1) is 7.04. The van der Waals surface area contributed by atoms with E-state index in [1.54, 1.807) is 19.9 Å². The summed E-state index contributed by atoms with van der Waals surface area (Å²) in [5.74, 6) is -0.383. The maximum Gasteiger partial charge on any atom is 0.168 e. The van der Waals surface area contributed by atoms with Gasteiger partial charge in [-0.1, -0.05) is 6.08 Å². The number of phenols is 1. The van der Waals surface area contributed by atoms with E-state index < -0.39 is 5.82 Å². The van der Waals surface area contributed by atoms with Crippen molar-refractivity contribution in [3.63, 3.8) is 0 Å². The molecule has 1 aromatic carbocycles. The van der Waals surface area contributed by atoms with Crippen LogP contribution in [0.2, 0.25) is 0 Å². The van der Waals surface area contributed by atoms with Gasteiger partial charge in [-0.3, -0.25) is 0 Å². The van der Waals surface area contributed by atoms with E-state index in [0.29, 0.717) is 28.9 Å². The van der Waals surface area contributed by atoms with Crippen LogP contribution in [0.4, 0.5) is 4.39 Å². The van der Waals surface area contributed by atoms with Crippen molar-refractivity contribution in [1.82, 2.24) is 0 Å². The fraction of sp³-hybridized carbons (Fsp3) is 0.333. The number of methoxy groups -OCH3 is 1. The van der Waals surface area contributed by atoms with E-state index in [-0.39, 0.29) is 5.75 Å². The smallest absolute Gasteiger partial charge is 0.168 e. The summed E-state index contributed by atoms with van der Waals surface area (Å²) >= 11 is 0. The lowest BCUT2D eigenvalue weighted by molar-refractivity contribution is 0.385. The van der Waals surface area contributed by atoms with Crippen LogP contribution >= 0.6 is 0 Å². The second kappa shape index (κ2) is 4.34. The second-order valence-corrected chi connectivity index (χ2v) is 3.42. The second-order valence-electron chi connectivity index (χ2n) is 3.42. The summed E-state index contributed by atoms with van der Waals surface area (Å²) in [5, 5.41) is 9.64. The molecule has 0 unspecified atom stereocenters. The zero-order valence-electron chi connectivity index (χ0n) is 9.22. The fourth-order valence-electron chi connectivity index (χ4n) is 1.59. The first-order valence-electron chi connectivity index (χ1n) is 4.70. The fourth-order valence-corrected chi connectivity index (χ4v) is 1.59. The van der Waals surface area contributed by atoms with E-state index in [2.05, 4.69) is 6.58 Å². The van der Waals surface area contributed by atoms with Gasteiger partial charge in [0.1, 0.15) is 5.75 Å². The molecule has 0 aliphatic heterocycles. The average molecular weight is 210 g/mol. The van der Waals surface area contributed by atoms with Crippen molar-refractivity contribution in [3.05, 3.63) is 35.2 Å². The molecule has 0 radical (unpaired) electrons. The van der Waals surface area contributed by atoms with Gasteiger partial charge in [0.05, 0.1) is 7.11 Å². The van der Waals surface area contributed by atoms with Gasteiger partial charge in [0.25, 0.3) is 0 Å². The van der Waals surface area contributed by atoms with Gasteiger partial charge in [0.15, 0.2) is 11.6 Å². The quantitative estimate of drug-likeness (QED) is 0.777. The van der Waals surface area contributed by atoms with Crippen molar-refractivity contribution >= 4 is 0 Å². The molecule has 3 heteroatoms. The van der Waals surface area contributed by atoms with Gasteiger partial charge < -0.3 is 9.84 Å². The molecule has 82 valence electrons. The lowest BCUT2D eigenvalue weighted by Crippen LogP contribution is -2.00. The van der Waals surface area contributed by atoms with Gasteiger partial charge in [-0.25, -0.2) is 4.39 Å². The zero-order chi connectivity index (χ0) is 11.6. The highest BCUT2D eigenvalue weighted by Crippen LogP contribution is 2.37. The van der Waals surface area contributed by atoms with Crippen LogP contribution in [-0.2, 0) is 6.42 Å². The summed E-state index contributed by atoms with van der Waals surface area (Å²) in [5.41, 5.74) is 1.58. The Bertz CT molecular complexity index is 397. The molecule has 0 spiro atoms. The molecule has 0 saturated carbocycles. The molecule has 0 fully saturated rings. The number of aromatic hydroxyl groups is 1. The maximum absolute atomic E-state index is 13.6.